The number of benzene rings is 1. The zero-order valence-corrected chi connectivity index (χ0v) is 19.2. The number of methoxy groups -OCH3 is 1. The summed E-state index contributed by atoms with van der Waals surface area (Å²) in [5.41, 5.74) is 1.37. The van der Waals surface area contributed by atoms with Gasteiger partial charge >= 0.3 is 0 Å². The molecule has 1 saturated carbocycles. The number of fused-ring (bicyclic) bond motifs is 1. The molecule has 2 heterocycles. The Labute approximate surface area is 187 Å². The van der Waals surface area contributed by atoms with Crippen LogP contribution in [0, 0.1) is 0 Å². The Morgan fingerprint density at radius 3 is 2.81 bits per heavy atom. The van der Waals surface area contributed by atoms with Gasteiger partial charge in [0.05, 0.1) is 31.9 Å². The van der Waals surface area contributed by atoms with Gasteiger partial charge in [-0.3, -0.25) is 14.8 Å². The Morgan fingerprint density at radius 1 is 1.23 bits per heavy atom. The predicted molar refractivity (Wildman–Crippen MR) is 124 cm³/mol. The lowest BCUT2D eigenvalue weighted by molar-refractivity contribution is -0.0502. The van der Waals surface area contributed by atoms with E-state index in [0.29, 0.717) is 6.04 Å². The van der Waals surface area contributed by atoms with Gasteiger partial charge in [-0.1, -0.05) is 30.3 Å². The predicted octanol–water partition coefficient (Wildman–Crippen LogP) is 1.65. The molecular formula is C24H39N5O2. The van der Waals surface area contributed by atoms with Crippen LogP contribution in [0.1, 0.15) is 25.3 Å². The molecule has 2 aliphatic heterocycles. The maximum atomic E-state index is 6.17. The average molecular weight is 430 g/mol. The minimum atomic E-state index is 0.256. The van der Waals surface area contributed by atoms with Crippen LogP contribution >= 0.6 is 0 Å². The second-order valence-electron chi connectivity index (χ2n) is 8.83. The zero-order valence-electron chi connectivity index (χ0n) is 19.2. The summed E-state index contributed by atoms with van der Waals surface area (Å²) in [6.07, 6.45) is 2.89. The third kappa shape index (κ3) is 6.19. The molecule has 7 nitrogen and oxygen atoms in total. The molecule has 0 radical (unpaired) electrons. The first-order valence-corrected chi connectivity index (χ1v) is 11.9. The largest absolute Gasteiger partial charge is 0.383 e. The molecule has 1 aromatic carbocycles. The van der Waals surface area contributed by atoms with E-state index in [-0.39, 0.29) is 6.10 Å². The Kier molecular flexibility index (Phi) is 8.19. The SMILES string of the molecule is CCNC(=NCCN(CCOC)C1CC1)N1CC2OCCN(Cc3ccccc3)C2C1. The minimum absolute atomic E-state index is 0.256. The molecule has 4 rings (SSSR count). The molecule has 1 aromatic rings. The number of guanidine groups is 1. The van der Waals surface area contributed by atoms with Crippen molar-refractivity contribution in [1.29, 1.82) is 0 Å². The second kappa shape index (κ2) is 11.3. The van der Waals surface area contributed by atoms with E-state index in [1.165, 1.54) is 18.4 Å². The van der Waals surface area contributed by atoms with E-state index in [0.717, 1.165) is 77.6 Å². The highest BCUT2D eigenvalue weighted by molar-refractivity contribution is 5.80. The third-order valence-corrected chi connectivity index (χ3v) is 6.57. The van der Waals surface area contributed by atoms with Gasteiger partial charge in [0.25, 0.3) is 0 Å². The van der Waals surface area contributed by atoms with Crippen molar-refractivity contribution < 1.29 is 9.47 Å². The number of likely N-dealkylation sites (tertiary alicyclic amines) is 1. The second-order valence-corrected chi connectivity index (χ2v) is 8.83. The summed E-state index contributed by atoms with van der Waals surface area (Å²) >= 11 is 0. The quantitative estimate of drug-likeness (QED) is 0.451. The van der Waals surface area contributed by atoms with Crippen molar-refractivity contribution in [3.8, 4) is 0 Å². The first kappa shape index (κ1) is 22.5. The Bertz CT molecular complexity index is 696. The summed E-state index contributed by atoms with van der Waals surface area (Å²) < 4.78 is 11.5. The van der Waals surface area contributed by atoms with Crippen LogP contribution < -0.4 is 5.32 Å². The third-order valence-electron chi connectivity index (χ3n) is 6.57. The van der Waals surface area contributed by atoms with Crippen molar-refractivity contribution in [2.75, 3.05) is 66.1 Å². The van der Waals surface area contributed by atoms with E-state index >= 15 is 0 Å². The highest BCUT2D eigenvalue weighted by atomic mass is 16.5. The first-order valence-electron chi connectivity index (χ1n) is 11.9. The fourth-order valence-electron chi connectivity index (χ4n) is 4.78. The summed E-state index contributed by atoms with van der Waals surface area (Å²) in [5.74, 6) is 1.03. The van der Waals surface area contributed by atoms with Crippen LogP contribution in [0.25, 0.3) is 0 Å². The van der Waals surface area contributed by atoms with Gasteiger partial charge in [0, 0.05) is 59.0 Å². The Balaban J connectivity index is 1.35. The van der Waals surface area contributed by atoms with E-state index in [2.05, 4.69) is 57.3 Å². The molecule has 0 bridgehead atoms. The highest BCUT2D eigenvalue weighted by Crippen LogP contribution is 2.27. The average Bonchev–Trinajstić information content (AvgIpc) is 3.54. The van der Waals surface area contributed by atoms with Gasteiger partial charge in [0.1, 0.15) is 0 Å². The first-order chi connectivity index (χ1) is 15.3. The number of aliphatic imine (C=N–C) groups is 1. The van der Waals surface area contributed by atoms with Crippen LogP contribution in [0.2, 0.25) is 0 Å². The van der Waals surface area contributed by atoms with Gasteiger partial charge in [0.2, 0.25) is 0 Å². The topological polar surface area (TPSA) is 52.6 Å². The molecule has 3 aliphatic rings. The molecule has 2 saturated heterocycles. The van der Waals surface area contributed by atoms with Crippen molar-refractivity contribution in [3.05, 3.63) is 35.9 Å². The fraction of sp³-hybridized carbons (Fsp3) is 0.708. The molecule has 0 spiro atoms. The van der Waals surface area contributed by atoms with Crippen molar-refractivity contribution in [2.45, 2.75) is 44.5 Å². The van der Waals surface area contributed by atoms with Gasteiger partial charge in [0.15, 0.2) is 5.96 Å². The van der Waals surface area contributed by atoms with Crippen LogP contribution in [0.3, 0.4) is 0 Å². The van der Waals surface area contributed by atoms with Gasteiger partial charge in [-0.15, -0.1) is 0 Å². The van der Waals surface area contributed by atoms with Crippen LogP contribution in [0.5, 0.6) is 0 Å². The lowest BCUT2D eigenvalue weighted by Crippen LogP contribution is -2.50. The summed E-state index contributed by atoms with van der Waals surface area (Å²) in [5, 5.41) is 3.52. The number of hydrogen-bond donors (Lipinski definition) is 1. The molecule has 1 aliphatic carbocycles. The normalized spacial score (nSPS) is 24.6. The Hall–Kier alpha value is -1.67. The number of rotatable bonds is 10. The summed E-state index contributed by atoms with van der Waals surface area (Å²) in [6, 6.07) is 11.9. The standard InChI is InChI=1S/C24H39N5O2/c1-3-25-24(26-11-12-27(13-15-30-2)21-9-10-21)29-18-22-23(19-29)31-16-14-28(22)17-20-7-5-4-6-8-20/h4-8,21-23H,3,9-19H2,1-2H3,(H,25,26). The smallest absolute Gasteiger partial charge is 0.194 e. The molecule has 2 atom stereocenters. The maximum Gasteiger partial charge on any atom is 0.194 e. The number of ether oxygens (including phenoxy) is 2. The zero-order chi connectivity index (χ0) is 21.5. The van der Waals surface area contributed by atoms with Crippen LogP contribution in [0.4, 0.5) is 0 Å². The Morgan fingerprint density at radius 2 is 2.06 bits per heavy atom. The van der Waals surface area contributed by atoms with Crippen molar-refractivity contribution in [2.24, 2.45) is 4.99 Å². The van der Waals surface area contributed by atoms with Crippen LogP contribution in [-0.4, -0.2) is 105 Å². The maximum absolute atomic E-state index is 6.17. The molecule has 2 unspecified atom stereocenters. The number of nitrogens with zero attached hydrogens (tertiary/aromatic N) is 4. The van der Waals surface area contributed by atoms with Gasteiger partial charge in [-0.05, 0) is 25.3 Å². The molecule has 0 aromatic heterocycles. The fourth-order valence-corrected chi connectivity index (χ4v) is 4.78. The molecule has 3 fully saturated rings. The van der Waals surface area contributed by atoms with Gasteiger partial charge in [-0.25, -0.2) is 0 Å². The highest BCUT2D eigenvalue weighted by Gasteiger charge is 2.41. The lowest BCUT2D eigenvalue weighted by atomic mass is 10.1. The van der Waals surface area contributed by atoms with E-state index in [9.17, 15) is 0 Å². The summed E-state index contributed by atoms with van der Waals surface area (Å²) in [7, 11) is 1.78. The number of morpholine rings is 1. The summed E-state index contributed by atoms with van der Waals surface area (Å²) in [6.45, 7) is 11.3. The molecule has 0 amide bonds. The molecular weight excluding hydrogens is 390 g/mol. The number of hydrogen-bond acceptors (Lipinski definition) is 5. The van der Waals surface area contributed by atoms with Crippen LogP contribution in [0.15, 0.2) is 35.3 Å². The van der Waals surface area contributed by atoms with Crippen LogP contribution in [-0.2, 0) is 16.0 Å². The van der Waals surface area contributed by atoms with Crippen molar-refractivity contribution >= 4 is 5.96 Å². The minimum Gasteiger partial charge on any atom is -0.383 e. The van der Waals surface area contributed by atoms with E-state index in [4.69, 9.17) is 14.5 Å². The molecule has 7 heteroatoms. The number of nitrogens with one attached hydrogen (secondary N) is 1. The van der Waals surface area contributed by atoms with Crippen molar-refractivity contribution in [3.63, 3.8) is 0 Å². The van der Waals surface area contributed by atoms with E-state index in [1.807, 2.05) is 0 Å². The van der Waals surface area contributed by atoms with Crippen molar-refractivity contribution in [1.82, 2.24) is 20.0 Å². The molecule has 1 N–H and O–H groups in total. The van der Waals surface area contributed by atoms with Gasteiger partial charge < -0.3 is 19.7 Å². The molecule has 172 valence electrons. The van der Waals surface area contributed by atoms with E-state index < -0.39 is 0 Å². The molecule has 31 heavy (non-hydrogen) atoms. The monoisotopic (exact) mass is 429 g/mol. The van der Waals surface area contributed by atoms with E-state index in [1.54, 1.807) is 7.11 Å². The lowest BCUT2D eigenvalue weighted by Gasteiger charge is -2.36. The summed E-state index contributed by atoms with van der Waals surface area (Å²) in [4.78, 5) is 12.5. The van der Waals surface area contributed by atoms with Gasteiger partial charge in [-0.2, -0.15) is 0 Å².